The minimum Gasteiger partial charge on any atom is -0.495 e. The lowest BCUT2D eigenvalue weighted by Crippen LogP contribution is -2.53. The number of para-hydroxylation sites is 1. The Morgan fingerprint density at radius 1 is 1.38 bits per heavy atom. The monoisotopic (exact) mass is 220 g/mol. The van der Waals surface area contributed by atoms with E-state index in [0.29, 0.717) is 12.0 Å². The van der Waals surface area contributed by atoms with E-state index in [1.807, 2.05) is 12.1 Å². The van der Waals surface area contributed by atoms with Gasteiger partial charge in [0.1, 0.15) is 5.75 Å². The molecule has 0 radical (unpaired) electrons. The van der Waals surface area contributed by atoms with Gasteiger partial charge in [-0.3, -0.25) is 0 Å². The average Bonchev–Trinajstić information content (AvgIpc) is 2.24. The second kappa shape index (κ2) is 3.98. The maximum Gasteiger partial charge on any atom is 0.142 e. The van der Waals surface area contributed by atoms with Gasteiger partial charge in [-0.15, -0.1) is 0 Å². The molecule has 3 nitrogen and oxygen atoms in total. The minimum atomic E-state index is 0.409. The molecule has 3 heteroatoms. The maximum atomic E-state index is 5.78. The summed E-state index contributed by atoms with van der Waals surface area (Å²) in [6.45, 7) is 7.26. The van der Waals surface area contributed by atoms with Gasteiger partial charge >= 0.3 is 0 Å². The molecule has 88 valence electrons. The number of benzene rings is 1. The quantitative estimate of drug-likeness (QED) is 0.846. The predicted octanol–water partition coefficient (Wildman–Crippen LogP) is 2.00. The Hall–Kier alpha value is -1.22. The SMILES string of the molecule is COc1cccc(CN)c1N1CC(C)(C)C1. The molecule has 0 unspecified atom stereocenters. The lowest BCUT2D eigenvalue weighted by molar-refractivity contribution is 0.273. The van der Waals surface area contributed by atoms with Gasteiger partial charge < -0.3 is 15.4 Å². The molecular formula is C13H20N2O. The fourth-order valence-corrected chi connectivity index (χ4v) is 2.40. The number of ether oxygens (including phenoxy) is 1. The van der Waals surface area contributed by atoms with Crippen LogP contribution in [-0.2, 0) is 6.54 Å². The van der Waals surface area contributed by atoms with E-state index in [1.165, 1.54) is 5.69 Å². The van der Waals surface area contributed by atoms with Gasteiger partial charge in [0.25, 0.3) is 0 Å². The first-order valence-corrected chi connectivity index (χ1v) is 5.68. The summed E-state index contributed by atoms with van der Waals surface area (Å²) in [5.74, 6) is 0.929. The van der Waals surface area contributed by atoms with Crippen molar-refractivity contribution in [2.24, 2.45) is 11.1 Å². The summed E-state index contributed by atoms with van der Waals surface area (Å²) in [4.78, 5) is 2.35. The van der Waals surface area contributed by atoms with E-state index in [9.17, 15) is 0 Å². The first kappa shape index (κ1) is 11.3. The molecule has 1 fully saturated rings. The van der Waals surface area contributed by atoms with Crippen molar-refractivity contribution >= 4 is 5.69 Å². The van der Waals surface area contributed by atoms with E-state index < -0.39 is 0 Å². The van der Waals surface area contributed by atoms with Gasteiger partial charge in [-0.05, 0) is 17.0 Å². The number of methoxy groups -OCH3 is 1. The van der Waals surface area contributed by atoms with Gasteiger partial charge in [0.2, 0.25) is 0 Å². The van der Waals surface area contributed by atoms with E-state index in [0.717, 1.165) is 24.4 Å². The third-order valence-electron chi connectivity index (χ3n) is 3.08. The lowest BCUT2D eigenvalue weighted by Gasteiger charge is -2.48. The first-order valence-electron chi connectivity index (χ1n) is 5.68. The second-order valence-electron chi connectivity index (χ2n) is 5.19. The molecular weight excluding hydrogens is 200 g/mol. The van der Waals surface area contributed by atoms with Crippen LogP contribution in [0.4, 0.5) is 5.69 Å². The summed E-state index contributed by atoms with van der Waals surface area (Å²) in [6, 6.07) is 6.07. The van der Waals surface area contributed by atoms with Crippen LogP contribution in [0.25, 0.3) is 0 Å². The molecule has 1 aromatic carbocycles. The van der Waals surface area contributed by atoms with Gasteiger partial charge in [0.15, 0.2) is 0 Å². The van der Waals surface area contributed by atoms with Crippen LogP contribution in [0.15, 0.2) is 18.2 Å². The van der Waals surface area contributed by atoms with Crippen molar-refractivity contribution in [1.82, 2.24) is 0 Å². The molecule has 0 saturated carbocycles. The van der Waals surface area contributed by atoms with E-state index in [4.69, 9.17) is 10.5 Å². The highest BCUT2D eigenvalue weighted by Gasteiger charge is 2.36. The zero-order valence-corrected chi connectivity index (χ0v) is 10.3. The number of nitrogens with zero attached hydrogens (tertiary/aromatic N) is 1. The largest absolute Gasteiger partial charge is 0.495 e. The van der Waals surface area contributed by atoms with Crippen molar-refractivity contribution in [3.63, 3.8) is 0 Å². The molecule has 0 bridgehead atoms. The van der Waals surface area contributed by atoms with Crippen LogP contribution in [0.5, 0.6) is 5.75 Å². The molecule has 2 N–H and O–H groups in total. The van der Waals surface area contributed by atoms with Crippen molar-refractivity contribution in [2.75, 3.05) is 25.1 Å². The number of nitrogens with two attached hydrogens (primary N) is 1. The zero-order valence-electron chi connectivity index (χ0n) is 10.3. The molecule has 2 rings (SSSR count). The molecule has 16 heavy (non-hydrogen) atoms. The summed E-state index contributed by atoms with van der Waals surface area (Å²) in [5.41, 5.74) is 8.52. The minimum absolute atomic E-state index is 0.409. The highest BCUT2D eigenvalue weighted by atomic mass is 16.5. The van der Waals surface area contributed by atoms with Crippen molar-refractivity contribution in [3.05, 3.63) is 23.8 Å². The van der Waals surface area contributed by atoms with Gasteiger partial charge in [-0.1, -0.05) is 26.0 Å². The summed E-state index contributed by atoms with van der Waals surface area (Å²) in [5, 5.41) is 0. The third kappa shape index (κ3) is 1.87. The summed E-state index contributed by atoms with van der Waals surface area (Å²) >= 11 is 0. The molecule has 1 aromatic rings. The van der Waals surface area contributed by atoms with E-state index in [2.05, 4.69) is 24.8 Å². The van der Waals surface area contributed by atoms with Crippen LogP contribution in [-0.4, -0.2) is 20.2 Å². The molecule has 1 heterocycles. The summed E-state index contributed by atoms with van der Waals surface area (Å²) in [6.07, 6.45) is 0. The fraction of sp³-hybridized carbons (Fsp3) is 0.538. The highest BCUT2D eigenvalue weighted by Crippen LogP contribution is 2.40. The van der Waals surface area contributed by atoms with Crippen LogP contribution < -0.4 is 15.4 Å². The Balaban J connectivity index is 2.31. The zero-order chi connectivity index (χ0) is 11.8. The number of hydrogen-bond acceptors (Lipinski definition) is 3. The summed E-state index contributed by atoms with van der Waals surface area (Å²) < 4.78 is 5.42. The van der Waals surface area contributed by atoms with Crippen molar-refractivity contribution in [3.8, 4) is 5.75 Å². The summed E-state index contributed by atoms with van der Waals surface area (Å²) in [7, 11) is 1.71. The molecule has 1 saturated heterocycles. The molecule has 0 amide bonds. The highest BCUT2D eigenvalue weighted by molar-refractivity contribution is 5.65. The van der Waals surface area contributed by atoms with Crippen molar-refractivity contribution in [2.45, 2.75) is 20.4 Å². The van der Waals surface area contributed by atoms with Gasteiger partial charge in [0, 0.05) is 19.6 Å². The number of hydrogen-bond donors (Lipinski definition) is 1. The van der Waals surface area contributed by atoms with Gasteiger partial charge in [-0.25, -0.2) is 0 Å². The van der Waals surface area contributed by atoms with Crippen molar-refractivity contribution < 1.29 is 4.74 Å². The van der Waals surface area contributed by atoms with Crippen LogP contribution in [0.2, 0.25) is 0 Å². The standard InChI is InChI=1S/C13H20N2O/c1-13(2)8-15(9-13)12-10(7-14)5-4-6-11(12)16-3/h4-6H,7-9,14H2,1-3H3. The molecule has 0 atom stereocenters. The normalized spacial score (nSPS) is 18.1. The topological polar surface area (TPSA) is 38.5 Å². The Morgan fingerprint density at radius 2 is 2.06 bits per heavy atom. The molecule has 1 aliphatic heterocycles. The Bertz CT molecular complexity index is 357. The van der Waals surface area contributed by atoms with Crippen LogP contribution in [0.3, 0.4) is 0 Å². The van der Waals surface area contributed by atoms with Crippen LogP contribution >= 0.6 is 0 Å². The Kier molecular flexibility index (Phi) is 2.80. The van der Waals surface area contributed by atoms with E-state index in [1.54, 1.807) is 7.11 Å². The van der Waals surface area contributed by atoms with E-state index in [-0.39, 0.29) is 0 Å². The fourth-order valence-electron chi connectivity index (χ4n) is 2.40. The Morgan fingerprint density at radius 3 is 2.56 bits per heavy atom. The molecule has 0 aliphatic carbocycles. The Labute approximate surface area is 97.2 Å². The van der Waals surface area contributed by atoms with E-state index >= 15 is 0 Å². The second-order valence-corrected chi connectivity index (χ2v) is 5.19. The smallest absolute Gasteiger partial charge is 0.142 e. The number of rotatable bonds is 3. The predicted molar refractivity (Wildman–Crippen MR) is 66.9 cm³/mol. The lowest BCUT2D eigenvalue weighted by atomic mass is 9.83. The van der Waals surface area contributed by atoms with Crippen LogP contribution in [0, 0.1) is 5.41 Å². The van der Waals surface area contributed by atoms with Gasteiger partial charge in [0.05, 0.1) is 12.8 Å². The maximum absolute atomic E-state index is 5.78. The first-order chi connectivity index (χ1) is 7.57. The average molecular weight is 220 g/mol. The molecule has 0 aromatic heterocycles. The molecule has 1 aliphatic rings. The number of anilines is 1. The van der Waals surface area contributed by atoms with Crippen molar-refractivity contribution in [1.29, 1.82) is 0 Å². The van der Waals surface area contributed by atoms with Crippen LogP contribution in [0.1, 0.15) is 19.4 Å². The molecule has 0 spiro atoms. The van der Waals surface area contributed by atoms with Gasteiger partial charge in [-0.2, -0.15) is 0 Å². The third-order valence-corrected chi connectivity index (χ3v) is 3.08.